The predicted octanol–water partition coefficient (Wildman–Crippen LogP) is 1.24. The maximum absolute atomic E-state index is 12.6. The van der Waals surface area contributed by atoms with E-state index in [0.717, 1.165) is 38.3 Å². The number of hydrogen-bond acceptors (Lipinski definition) is 4. The van der Waals surface area contributed by atoms with E-state index in [4.69, 9.17) is 9.47 Å². The minimum atomic E-state index is 0.104. The Labute approximate surface area is 117 Å². The highest BCUT2D eigenvalue weighted by molar-refractivity contribution is 5.95. The van der Waals surface area contributed by atoms with Crippen LogP contribution in [0.4, 0.5) is 0 Å². The fraction of sp³-hybridized carbons (Fsp3) is 0.533. The first-order valence-electron chi connectivity index (χ1n) is 7.16. The Kier molecular flexibility index (Phi) is 2.63. The van der Waals surface area contributed by atoms with Crippen LogP contribution in [0.1, 0.15) is 23.2 Å². The van der Waals surface area contributed by atoms with Gasteiger partial charge in [-0.3, -0.25) is 4.79 Å². The zero-order valence-electron chi connectivity index (χ0n) is 11.4. The third-order valence-electron chi connectivity index (χ3n) is 4.68. The highest BCUT2D eigenvalue weighted by Gasteiger charge is 2.42. The van der Waals surface area contributed by atoms with E-state index in [0.29, 0.717) is 16.7 Å². The molecule has 2 saturated heterocycles. The molecule has 1 aromatic rings. The quantitative estimate of drug-likeness (QED) is 0.837. The van der Waals surface area contributed by atoms with Gasteiger partial charge in [0.15, 0.2) is 11.5 Å². The smallest absolute Gasteiger partial charge is 0.254 e. The van der Waals surface area contributed by atoms with Crippen LogP contribution < -0.4 is 14.8 Å². The summed E-state index contributed by atoms with van der Waals surface area (Å²) in [6, 6.07) is 5.44. The zero-order valence-corrected chi connectivity index (χ0v) is 11.4. The van der Waals surface area contributed by atoms with Gasteiger partial charge in [-0.05, 0) is 37.6 Å². The summed E-state index contributed by atoms with van der Waals surface area (Å²) in [4.78, 5) is 14.6. The first-order valence-corrected chi connectivity index (χ1v) is 7.16. The van der Waals surface area contributed by atoms with Crippen LogP contribution in [0.5, 0.6) is 11.5 Å². The molecule has 1 spiro atoms. The summed E-state index contributed by atoms with van der Waals surface area (Å²) >= 11 is 0. The largest absolute Gasteiger partial charge is 0.454 e. The van der Waals surface area contributed by atoms with Crippen molar-refractivity contribution in [2.75, 3.05) is 33.0 Å². The van der Waals surface area contributed by atoms with E-state index < -0.39 is 0 Å². The van der Waals surface area contributed by atoms with Gasteiger partial charge >= 0.3 is 0 Å². The minimum Gasteiger partial charge on any atom is -0.454 e. The molecule has 5 nitrogen and oxygen atoms in total. The first-order chi connectivity index (χ1) is 9.76. The molecule has 1 amide bonds. The van der Waals surface area contributed by atoms with Crippen molar-refractivity contribution in [3.05, 3.63) is 23.8 Å². The number of nitrogens with one attached hydrogen (secondary N) is 1. The molecule has 20 heavy (non-hydrogen) atoms. The van der Waals surface area contributed by atoms with Gasteiger partial charge in [0.25, 0.3) is 5.91 Å². The van der Waals surface area contributed by atoms with Crippen molar-refractivity contribution < 1.29 is 14.3 Å². The molecule has 0 aliphatic carbocycles. The molecule has 3 heterocycles. The summed E-state index contributed by atoms with van der Waals surface area (Å²) in [5.41, 5.74) is 1.00. The molecular formula is C15H18N2O3. The van der Waals surface area contributed by atoms with Crippen LogP contribution in [0.25, 0.3) is 0 Å². The monoisotopic (exact) mass is 274 g/mol. The van der Waals surface area contributed by atoms with E-state index >= 15 is 0 Å². The Morgan fingerprint density at radius 3 is 3.00 bits per heavy atom. The lowest BCUT2D eigenvalue weighted by Crippen LogP contribution is -2.33. The Morgan fingerprint density at radius 2 is 2.15 bits per heavy atom. The molecule has 4 rings (SSSR count). The third-order valence-corrected chi connectivity index (χ3v) is 4.68. The second kappa shape index (κ2) is 4.38. The van der Waals surface area contributed by atoms with E-state index in [1.165, 1.54) is 6.42 Å². The van der Waals surface area contributed by atoms with Crippen molar-refractivity contribution in [2.24, 2.45) is 5.41 Å². The number of hydrogen-bond donors (Lipinski definition) is 1. The molecule has 1 atom stereocenters. The van der Waals surface area contributed by atoms with Gasteiger partial charge in [-0.25, -0.2) is 0 Å². The molecule has 1 aromatic carbocycles. The molecule has 0 radical (unpaired) electrons. The summed E-state index contributed by atoms with van der Waals surface area (Å²) in [7, 11) is 0. The number of likely N-dealkylation sites (tertiary alicyclic amines) is 1. The number of amides is 1. The summed E-state index contributed by atoms with van der Waals surface area (Å²) in [5, 5.41) is 3.41. The molecule has 0 saturated carbocycles. The lowest BCUT2D eigenvalue weighted by Gasteiger charge is -2.22. The maximum atomic E-state index is 12.6. The number of nitrogens with zero attached hydrogens (tertiary/aromatic N) is 1. The van der Waals surface area contributed by atoms with E-state index in [2.05, 4.69) is 5.32 Å². The molecule has 3 aliphatic heterocycles. The van der Waals surface area contributed by atoms with Crippen LogP contribution in [0.15, 0.2) is 18.2 Å². The molecule has 106 valence electrons. The second-order valence-electron chi connectivity index (χ2n) is 5.97. The van der Waals surface area contributed by atoms with Crippen LogP contribution in [0, 0.1) is 5.41 Å². The fourth-order valence-electron chi connectivity index (χ4n) is 3.46. The van der Waals surface area contributed by atoms with Crippen molar-refractivity contribution in [1.29, 1.82) is 0 Å². The highest BCUT2D eigenvalue weighted by atomic mass is 16.7. The summed E-state index contributed by atoms with van der Waals surface area (Å²) in [6.07, 6.45) is 2.29. The molecule has 1 N–H and O–H groups in total. The minimum absolute atomic E-state index is 0.104. The second-order valence-corrected chi connectivity index (χ2v) is 5.97. The molecule has 3 aliphatic rings. The fourth-order valence-corrected chi connectivity index (χ4v) is 3.46. The van der Waals surface area contributed by atoms with Crippen molar-refractivity contribution in [3.63, 3.8) is 0 Å². The van der Waals surface area contributed by atoms with Gasteiger partial charge in [-0.1, -0.05) is 0 Å². The Hall–Kier alpha value is -1.75. The summed E-state index contributed by atoms with van der Waals surface area (Å²) in [6.45, 7) is 4.08. The topological polar surface area (TPSA) is 50.8 Å². The van der Waals surface area contributed by atoms with E-state index in [9.17, 15) is 4.79 Å². The lowest BCUT2D eigenvalue weighted by atomic mass is 9.86. The van der Waals surface area contributed by atoms with Crippen molar-refractivity contribution >= 4 is 5.91 Å². The van der Waals surface area contributed by atoms with E-state index in [1.54, 1.807) is 6.07 Å². The van der Waals surface area contributed by atoms with Crippen LogP contribution >= 0.6 is 0 Å². The number of fused-ring (bicyclic) bond motifs is 1. The maximum Gasteiger partial charge on any atom is 0.254 e. The van der Waals surface area contributed by atoms with Gasteiger partial charge in [0.1, 0.15) is 0 Å². The van der Waals surface area contributed by atoms with E-state index in [1.807, 2.05) is 17.0 Å². The van der Waals surface area contributed by atoms with Gasteiger partial charge in [0.2, 0.25) is 6.79 Å². The first kappa shape index (κ1) is 12.0. The van der Waals surface area contributed by atoms with Crippen LogP contribution in [-0.2, 0) is 0 Å². The standard InChI is InChI=1S/C15H18N2O3/c18-14(11-1-2-12-13(7-11)20-10-19-12)17-6-4-15(9-17)3-5-16-8-15/h1-2,7,16H,3-6,8-10H2. The summed E-state index contributed by atoms with van der Waals surface area (Å²) in [5.74, 6) is 1.50. The zero-order chi connectivity index (χ0) is 13.6. The lowest BCUT2D eigenvalue weighted by molar-refractivity contribution is 0.0775. The average Bonchev–Trinajstić information content (AvgIpc) is 3.19. The number of carbonyl (C=O) groups is 1. The number of benzene rings is 1. The number of carbonyl (C=O) groups excluding carboxylic acids is 1. The van der Waals surface area contributed by atoms with Crippen LogP contribution in [0.3, 0.4) is 0 Å². The average molecular weight is 274 g/mol. The molecule has 0 bridgehead atoms. The molecule has 1 unspecified atom stereocenters. The van der Waals surface area contributed by atoms with Gasteiger partial charge in [0, 0.05) is 30.6 Å². The van der Waals surface area contributed by atoms with Gasteiger partial charge in [-0.2, -0.15) is 0 Å². The Morgan fingerprint density at radius 1 is 1.25 bits per heavy atom. The molecule has 2 fully saturated rings. The van der Waals surface area contributed by atoms with E-state index in [-0.39, 0.29) is 12.7 Å². The molecule has 5 heteroatoms. The number of rotatable bonds is 1. The SMILES string of the molecule is O=C(c1ccc2c(c1)OCO2)N1CCC2(CCNC2)C1. The van der Waals surface area contributed by atoms with Gasteiger partial charge in [-0.15, -0.1) is 0 Å². The Bertz CT molecular complexity index is 552. The van der Waals surface area contributed by atoms with Crippen molar-refractivity contribution in [1.82, 2.24) is 10.2 Å². The van der Waals surface area contributed by atoms with Gasteiger partial charge < -0.3 is 19.7 Å². The number of ether oxygens (including phenoxy) is 2. The van der Waals surface area contributed by atoms with Gasteiger partial charge in [0.05, 0.1) is 0 Å². The molecule has 0 aromatic heterocycles. The van der Waals surface area contributed by atoms with Crippen molar-refractivity contribution in [3.8, 4) is 11.5 Å². The highest BCUT2D eigenvalue weighted by Crippen LogP contribution is 2.37. The molecular weight excluding hydrogens is 256 g/mol. The predicted molar refractivity (Wildman–Crippen MR) is 73.0 cm³/mol. The van der Waals surface area contributed by atoms with Crippen molar-refractivity contribution in [2.45, 2.75) is 12.8 Å². The normalized spacial score (nSPS) is 27.5. The van der Waals surface area contributed by atoms with Crippen LogP contribution in [0.2, 0.25) is 0 Å². The third kappa shape index (κ3) is 1.85. The summed E-state index contributed by atoms with van der Waals surface area (Å²) < 4.78 is 10.6. The van der Waals surface area contributed by atoms with Crippen LogP contribution in [-0.4, -0.2) is 43.8 Å². The Balaban J connectivity index is 1.53.